The van der Waals surface area contributed by atoms with Gasteiger partial charge in [0, 0.05) is 29.1 Å². The highest BCUT2D eigenvalue weighted by molar-refractivity contribution is 6.35. The molecule has 1 aromatic carbocycles. The van der Waals surface area contributed by atoms with Crippen molar-refractivity contribution in [3.8, 4) is 0 Å². The number of nitrogens with zero attached hydrogens (tertiary/aromatic N) is 1. The lowest BCUT2D eigenvalue weighted by atomic mass is 9.97. The molecule has 114 valence electrons. The molecule has 1 fully saturated rings. The third kappa shape index (κ3) is 4.02. The highest BCUT2D eigenvalue weighted by Crippen LogP contribution is 2.27. The third-order valence-corrected chi connectivity index (χ3v) is 4.04. The minimum atomic E-state index is -0.832. The average Bonchev–Trinajstić information content (AvgIpc) is 2.32. The Morgan fingerprint density at radius 2 is 2.10 bits per heavy atom. The number of urea groups is 1. The Kier molecular flexibility index (Phi) is 4.96. The van der Waals surface area contributed by atoms with Crippen LogP contribution >= 0.6 is 23.2 Å². The van der Waals surface area contributed by atoms with Crippen LogP contribution in [0.5, 0.6) is 0 Å². The van der Waals surface area contributed by atoms with Gasteiger partial charge in [-0.05, 0) is 24.6 Å². The first-order valence-corrected chi connectivity index (χ1v) is 7.34. The summed E-state index contributed by atoms with van der Waals surface area (Å²) in [6.07, 6.45) is 0.0995. The van der Waals surface area contributed by atoms with Crippen LogP contribution in [0, 0.1) is 5.92 Å². The van der Waals surface area contributed by atoms with Gasteiger partial charge in [-0.15, -0.1) is 0 Å². The first kappa shape index (κ1) is 15.9. The molecule has 2 N–H and O–H groups in total. The number of benzene rings is 1. The number of carboxylic acids is 1. The Morgan fingerprint density at radius 1 is 1.43 bits per heavy atom. The van der Waals surface area contributed by atoms with Crippen LogP contribution < -0.4 is 5.32 Å². The highest BCUT2D eigenvalue weighted by atomic mass is 35.5. The van der Waals surface area contributed by atoms with Crippen LogP contribution in [0.4, 0.5) is 4.79 Å². The van der Waals surface area contributed by atoms with Gasteiger partial charge in [0.2, 0.25) is 0 Å². The van der Waals surface area contributed by atoms with Crippen molar-refractivity contribution in [1.82, 2.24) is 10.2 Å². The topological polar surface area (TPSA) is 69.6 Å². The van der Waals surface area contributed by atoms with Crippen LogP contribution in [0.3, 0.4) is 0 Å². The van der Waals surface area contributed by atoms with Crippen molar-refractivity contribution in [3.63, 3.8) is 0 Å². The molecule has 0 aliphatic carbocycles. The number of amides is 2. The number of nitrogens with one attached hydrogen (secondary N) is 1. The van der Waals surface area contributed by atoms with Crippen molar-refractivity contribution in [3.05, 3.63) is 33.8 Å². The zero-order valence-corrected chi connectivity index (χ0v) is 13.0. The molecule has 2 rings (SSSR count). The van der Waals surface area contributed by atoms with Gasteiger partial charge in [0.15, 0.2) is 0 Å². The van der Waals surface area contributed by atoms with E-state index in [4.69, 9.17) is 28.3 Å². The SMILES string of the molecule is CC(NC(=O)N1CC(CC(=O)O)C1)c1ccc(Cl)cc1Cl. The fraction of sp³-hybridized carbons (Fsp3) is 0.429. The molecule has 0 spiro atoms. The van der Waals surface area contributed by atoms with E-state index in [1.807, 2.05) is 6.92 Å². The van der Waals surface area contributed by atoms with Crippen molar-refractivity contribution in [2.45, 2.75) is 19.4 Å². The summed E-state index contributed by atoms with van der Waals surface area (Å²) in [7, 11) is 0. The molecule has 1 aliphatic heterocycles. The molecule has 1 atom stereocenters. The van der Waals surface area contributed by atoms with Crippen LogP contribution in [0.15, 0.2) is 18.2 Å². The summed E-state index contributed by atoms with van der Waals surface area (Å²) < 4.78 is 0. The van der Waals surface area contributed by atoms with Gasteiger partial charge >= 0.3 is 12.0 Å². The van der Waals surface area contributed by atoms with Gasteiger partial charge in [-0.25, -0.2) is 4.79 Å². The van der Waals surface area contributed by atoms with E-state index in [1.165, 1.54) is 0 Å². The summed E-state index contributed by atoms with van der Waals surface area (Å²) in [5, 5.41) is 12.6. The van der Waals surface area contributed by atoms with Crippen LogP contribution in [0.2, 0.25) is 10.0 Å². The lowest BCUT2D eigenvalue weighted by molar-refractivity contribution is -0.139. The van der Waals surface area contributed by atoms with Gasteiger partial charge in [-0.2, -0.15) is 0 Å². The normalized spacial score (nSPS) is 16.2. The zero-order chi connectivity index (χ0) is 15.6. The van der Waals surface area contributed by atoms with E-state index in [0.29, 0.717) is 23.1 Å². The standard InChI is InChI=1S/C14H16Cl2N2O3/c1-8(11-3-2-10(15)5-12(11)16)17-14(21)18-6-9(7-18)4-13(19)20/h2-3,5,8-9H,4,6-7H2,1H3,(H,17,21)(H,19,20). The van der Waals surface area contributed by atoms with Crippen molar-refractivity contribution >= 4 is 35.2 Å². The molecule has 5 nitrogen and oxygen atoms in total. The van der Waals surface area contributed by atoms with Crippen LogP contribution in [-0.2, 0) is 4.79 Å². The minimum absolute atomic E-state index is 0.0441. The van der Waals surface area contributed by atoms with Crippen molar-refractivity contribution in [2.24, 2.45) is 5.92 Å². The number of carbonyl (C=O) groups excluding carboxylic acids is 1. The summed E-state index contributed by atoms with van der Waals surface area (Å²) in [5.41, 5.74) is 0.789. The van der Waals surface area contributed by atoms with Crippen LogP contribution in [0.25, 0.3) is 0 Å². The number of rotatable bonds is 4. The molecule has 0 aromatic heterocycles. The Balaban J connectivity index is 1.87. The van der Waals surface area contributed by atoms with E-state index in [-0.39, 0.29) is 24.4 Å². The number of hydrogen-bond donors (Lipinski definition) is 2. The van der Waals surface area contributed by atoms with Gasteiger partial charge in [-0.3, -0.25) is 4.79 Å². The molecule has 0 bridgehead atoms. The maximum absolute atomic E-state index is 12.0. The number of hydrogen-bond acceptors (Lipinski definition) is 2. The van der Waals surface area contributed by atoms with E-state index in [0.717, 1.165) is 5.56 Å². The molecule has 1 aliphatic rings. The Bertz CT molecular complexity index is 559. The molecule has 1 unspecified atom stereocenters. The highest BCUT2D eigenvalue weighted by Gasteiger charge is 2.32. The lowest BCUT2D eigenvalue weighted by Gasteiger charge is -2.39. The summed E-state index contributed by atoms with van der Waals surface area (Å²) >= 11 is 11.9. The minimum Gasteiger partial charge on any atom is -0.481 e. The smallest absolute Gasteiger partial charge is 0.317 e. The monoisotopic (exact) mass is 330 g/mol. The summed E-state index contributed by atoms with van der Waals surface area (Å²) in [4.78, 5) is 24.2. The van der Waals surface area contributed by atoms with Crippen molar-refractivity contribution in [1.29, 1.82) is 0 Å². The van der Waals surface area contributed by atoms with E-state index in [1.54, 1.807) is 23.1 Å². The maximum Gasteiger partial charge on any atom is 0.317 e. The van der Waals surface area contributed by atoms with Gasteiger partial charge in [0.05, 0.1) is 12.5 Å². The number of aliphatic carboxylic acids is 1. The van der Waals surface area contributed by atoms with E-state index >= 15 is 0 Å². The molecular weight excluding hydrogens is 315 g/mol. The van der Waals surface area contributed by atoms with Crippen LogP contribution in [-0.4, -0.2) is 35.1 Å². The van der Waals surface area contributed by atoms with Gasteiger partial charge in [0.1, 0.15) is 0 Å². The average molecular weight is 331 g/mol. The van der Waals surface area contributed by atoms with E-state index in [2.05, 4.69) is 5.32 Å². The van der Waals surface area contributed by atoms with Crippen LogP contribution in [0.1, 0.15) is 24.9 Å². The number of likely N-dealkylation sites (tertiary alicyclic amines) is 1. The Morgan fingerprint density at radius 3 is 2.67 bits per heavy atom. The molecule has 0 saturated carbocycles. The fourth-order valence-corrected chi connectivity index (χ4v) is 2.89. The number of halogens is 2. The molecule has 1 heterocycles. The first-order valence-electron chi connectivity index (χ1n) is 6.59. The predicted molar refractivity (Wildman–Crippen MR) is 80.7 cm³/mol. The summed E-state index contributed by atoms with van der Waals surface area (Å²) in [6, 6.07) is 4.67. The fourth-order valence-electron chi connectivity index (χ4n) is 2.32. The molecule has 2 amide bonds. The predicted octanol–water partition coefficient (Wildman–Crippen LogP) is 3.17. The second-order valence-electron chi connectivity index (χ2n) is 5.21. The second-order valence-corrected chi connectivity index (χ2v) is 6.05. The summed E-state index contributed by atoms with van der Waals surface area (Å²) in [5.74, 6) is -0.788. The molecule has 7 heteroatoms. The Hall–Kier alpha value is -1.46. The van der Waals surface area contributed by atoms with E-state index in [9.17, 15) is 9.59 Å². The second kappa shape index (κ2) is 6.54. The molecular formula is C14H16Cl2N2O3. The third-order valence-electron chi connectivity index (χ3n) is 3.48. The number of carbonyl (C=O) groups is 2. The van der Waals surface area contributed by atoms with Gasteiger partial charge in [0.25, 0.3) is 0 Å². The molecule has 1 aromatic rings. The zero-order valence-electron chi connectivity index (χ0n) is 11.5. The molecule has 1 saturated heterocycles. The van der Waals surface area contributed by atoms with Crippen molar-refractivity contribution in [2.75, 3.05) is 13.1 Å². The maximum atomic E-state index is 12.0. The largest absolute Gasteiger partial charge is 0.481 e. The molecule has 21 heavy (non-hydrogen) atoms. The Labute approximate surface area is 132 Å². The number of carboxylic acid groups (broad SMARTS) is 1. The van der Waals surface area contributed by atoms with Crippen molar-refractivity contribution < 1.29 is 14.7 Å². The quantitative estimate of drug-likeness (QED) is 0.890. The first-order chi connectivity index (χ1) is 9.86. The summed E-state index contributed by atoms with van der Waals surface area (Å²) in [6.45, 7) is 2.78. The van der Waals surface area contributed by atoms with Gasteiger partial charge < -0.3 is 15.3 Å². The lowest BCUT2D eigenvalue weighted by Crippen LogP contribution is -2.54. The van der Waals surface area contributed by atoms with Gasteiger partial charge in [-0.1, -0.05) is 29.3 Å². The molecule has 0 radical (unpaired) electrons. The van der Waals surface area contributed by atoms with E-state index < -0.39 is 5.97 Å².